The van der Waals surface area contributed by atoms with Crippen LogP contribution in [0.3, 0.4) is 0 Å². The zero-order valence-corrected chi connectivity index (χ0v) is 19.3. The van der Waals surface area contributed by atoms with Crippen molar-refractivity contribution < 1.29 is 14.3 Å². The molecule has 30 heavy (non-hydrogen) atoms. The Morgan fingerprint density at radius 1 is 1.10 bits per heavy atom. The lowest BCUT2D eigenvalue weighted by Gasteiger charge is -2.42. The number of anilines is 1. The Balaban J connectivity index is 1.75. The van der Waals surface area contributed by atoms with Gasteiger partial charge in [0.1, 0.15) is 0 Å². The van der Waals surface area contributed by atoms with Gasteiger partial charge in [-0.1, -0.05) is 33.6 Å². The van der Waals surface area contributed by atoms with Crippen LogP contribution in [-0.2, 0) is 20.1 Å². The highest BCUT2D eigenvalue weighted by Crippen LogP contribution is 2.49. The number of nitrogens with zero attached hydrogens (tertiary/aromatic N) is 2. The zero-order chi connectivity index (χ0) is 21.6. The Hall–Kier alpha value is -1.52. The van der Waals surface area contributed by atoms with Crippen molar-refractivity contribution in [2.24, 2.45) is 10.8 Å². The van der Waals surface area contributed by atoms with Crippen LogP contribution in [-0.4, -0.2) is 43.1 Å². The quantitative estimate of drug-likeness (QED) is 0.527. The van der Waals surface area contributed by atoms with Crippen LogP contribution in [0.25, 0.3) is 0 Å². The van der Waals surface area contributed by atoms with Crippen molar-refractivity contribution in [2.45, 2.75) is 57.6 Å². The second kappa shape index (κ2) is 7.87. The minimum atomic E-state index is -1.43. The summed E-state index contributed by atoms with van der Waals surface area (Å²) in [6.07, 6.45) is 9.00. The third-order valence-corrected chi connectivity index (χ3v) is 7.07. The first-order valence-electron chi connectivity index (χ1n) is 10.8. The number of carbonyl (C=O) groups excluding carboxylic acids is 1. The van der Waals surface area contributed by atoms with Crippen molar-refractivity contribution in [2.75, 3.05) is 37.7 Å². The summed E-state index contributed by atoms with van der Waals surface area (Å²) in [5, 5.41) is 0. The van der Waals surface area contributed by atoms with Gasteiger partial charge in [-0.15, -0.1) is 6.42 Å². The molecule has 3 aliphatic heterocycles. The summed E-state index contributed by atoms with van der Waals surface area (Å²) < 4.78 is 15.1. The third-order valence-electron chi connectivity index (χ3n) is 5.98. The van der Waals surface area contributed by atoms with Crippen molar-refractivity contribution in [1.29, 1.82) is 0 Å². The summed E-state index contributed by atoms with van der Waals surface area (Å²) in [7, 11) is 0. The lowest BCUT2D eigenvalue weighted by molar-refractivity contribution is -0.263. The SMILES string of the molecule is C#CCN1C(=O)C2(OCC(C)(C)CC(C)(C)CO2)c2cc(SN3CCCC3)ccc21. The van der Waals surface area contributed by atoms with Gasteiger partial charge in [0.15, 0.2) is 0 Å². The average Bonchev–Trinajstić information content (AvgIpc) is 3.24. The van der Waals surface area contributed by atoms with Gasteiger partial charge in [0, 0.05) is 23.5 Å². The van der Waals surface area contributed by atoms with Gasteiger partial charge in [0.25, 0.3) is 11.7 Å². The van der Waals surface area contributed by atoms with E-state index in [1.807, 2.05) is 6.07 Å². The van der Waals surface area contributed by atoms with E-state index < -0.39 is 5.79 Å². The van der Waals surface area contributed by atoms with Gasteiger partial charge in [-0.3, -0.25) is 9.69 Å². The molecule has 0 N–H and O–H groups in total. The Bertz CT molecular complexity index is 850. The van der Waals surface area contributed by atoms with Crippen LogP contribution in [0.5, 0.6) is 0 Å². The van der Waals surface area contributed by atoms with E-state index in [1.54, 1.807) is 16.8 Å². The van der Waals surface area contributed by atoms with Gasteiger partial charge in [-0.05, 0) is 60.2 Å². The molecule has 0 aromatic heterocycles. The predicted octanol–water partition coefficient (Wildman–Crippen LogP) is 4.41. The van der Waals surface area contributed by atoms with E-state index in [2.05, 4.69) is 50.1 Å². The maximum absolute atomic E-state index is 13.6. The predicted molar refractivity (Wildman–Crippen MR) is 120 cm³/mol. The number of rotatable bonds is 3. The van der Waals surface area contributed by atoms with Crippen LogP contribution >= 0.6 is 11.9 Å². The van der Waals surface area contributed by atoms with Gasteiger partial charge in [-0.25, -0.2) is 4.31 Å². The number of benzene rings is 1. The van der Waals surface area contributed by atoms with Crippen LogP contribution in [0.4, 0.5) is 5.69 Å². The summed E-state index contributed by atoms with van der Waals surface area (Å²) in [6, 6.07) is 6.11. The van der Waals surface area contributed by atoms with Crippen molar-refractivity contribution in [3.8, 4) is 12.3 Å². The summed E-state index contributed by atoms with van der Waals surface area (Å²) >= 11 is 1.74. The molecule has 3 heterocycles. The van der Waals surface area contributed by atoms with Crippen molar-refractivity contribution in [3.05, 3.63) is 23.8 Å². The normalized spacial score (nSPS) is 25.0. The zero-order valence-electron chi connectivity index (χ0n) is 18.5. The van der Waals surface area contributed by atoms with Crippen molar-refractivity contribution in [1.82, 2.24) is 4.31 Å². The molecule has 3 aliphatic rings. The van der Waals surface area contributed by atoms with Crippen LogP contribution in [0, 0.1) is 23.2 Å². The molecule has 0 saturated carbocycles. The molecule has 1 aromatic carbocycles. The molecule has 5 nitrogen and oxygen atoms in total. The summed E-state index contributed by atoms with van der Waals surface area (Å²) in [5.41, 5.74) is 1.44. The number of amides is 1. The fourth-order valence-corrected chi connectivity index (χ4v) is 6.00. The van der Waals surface area contributed by atoms with Gasteiger partial charge in [-0.2, -0.15) is 0 Å². The molecular formula is C24H32N2O3S. The lowest BCUT2D eigenvalue weighted by atomic mass is 9.75. The Morgan fingerprint density at radius 3 is 2.33 bits per heavy atom. The number of ether oxygens (including phenoxy) is 2. The maximum Gasteiger partial charge on any atom is 0.293 e. The number of carbonyl (C=O) groups is 1. The number of hydrogen-bond acceptors (Lipinski definition) is 5. The highest BCUT2D eigenvalue weighted by Gasteiger charge is 2.56. The van der Waals surface area contributed by atoms with Crippen LogP contribution in [0.1, 0.15) is 52.5 Å². The van der Waals surface area contributed by atoms with E-state index in [-0.39, 0.29) is 23.3 Å². The Morgan fingerprint density at radius 2 is 1.73 bits per heavy atom. The smallest absolute Gasteiger partial charge is 0.293 e. The first-order chi connectivity index (χ1) is 14.2. The molecule has 0 unspecified atom stereocenters. The highest BCUT2D eigenvalue weighted by molar-refractivity contribution is 7.97. The van der Waals surface area contributed by atoms with Gasteiger partial charge >= 0.3 is 0 Å². The standard InChI is InChI=1S/C24H32N2O3S/c1-6-11-26-20-10-9-18(30-25-12-7-8-13-25)14-19(20)24(21(26)27)28-16-22(2,3)15-23(4,5)17-29-24/h1,9-10,14H,7-8,11-13,15-17H2,2-5H3. The van der Waals surface area contributed by atoms with E-state index in [1.165, 1.54) is 12.8 Å². The van der Waals surface area contributed by atoms with Gasteiger partial charge < -0.3 is 9.47 Å². The summed E-state index contributed by atoms with van der Waals surface area (Å²) in [6.45, 7) is 12.0. The van der Waals surface area contributed by atoms with E-state index in [0.29, 0.717) is 13.2 Å². The lowest BCUT2D eigenvalue weighted by Crippen LogP contribution is -2.50. The molecule has 2 saturated heterocycles. The highest BCUT2D eigenvalue weighted by atomic mass is 32.2. The number of hydrogen-bond donors (Lipinski definition) is 0. The maximum atomic E-state index is 13.6. The summed E-state index contributed by atoms with van der Waals surface area (Å²) in [5.74, 6) is 0.974. The average molecular weight is 429 g/mol. The second-order valence-electron chi connectivity index (χ2n) is 10.2. The molecule has 4 rings (SSSR count). The number of fused-ring (bicyclic) bond motifs is 2. The third kappa shape index (κ3) is 4.01. The monoisotopic (exact) mass is 428 g/mol. The largest absolute Gasteiger partial charge is 0.338 e. The van der Waals surface area contributed by atoms with Crippen molar-refractivity contribution >= 4 is 23.5 Å². The number of terminal acetylenes is 1. The molecule has 6 heteroatoms. The second-order valence-corrected chi connectivity index (χ2v) is 11.4. The van der Waals surface area contributed by atoms with Crippen LogP contribution < -0.4 is 4.90 Å². The van der Waals surface area contributed by atoms with Crippen molar-refractivity contribution in [3.63, 3.8) is 0 Å². The molecule has 0 radical (unpaired) electrons. The molecular weight excluding hydrogens is 396 g/mol. The molecule has 0 atom stereocenters. The fraction of sp³-hybridized carbons (Fsp3) is 0.625. The molecule has 1 amide bonds. The molecule has 0 aliphatic carbocycles. The van der Waals surface area contributed by atoms with E-state index >= 15 is 0 Å². The molecule has 162 valence electrons. The molecule has 1 aromatic rings. The summed E-state index contributed by atoms with van der Waals surface area (Å²) in [4.78, 5) is 16.4. The van der Waals surface area contributed by atoms with E-state index in [4.69, 9.17) is 15.9 Å². The first-order valence-corrected chi connectivity index (χ1v) is 11.5. The van der Waals surface area contributed by atoms with Gasteiger partial charge in [0.2, 0.25) is 0 Å². The van der Waals surface area contributed by atoms with E-state index in [9.17, 15) is 4.79 Å². The topological polar surface area (TPSA) is 42.0 Å². The van der Waals surface area contributed by atoms with Crippen LogP contribution in [0.2, 0.25) is 0 Å². The molecule has 1 spiro atoms. The fourth-order valence-electron chi connectivity index (χ4n) is 4.96. The minimum Gasteiger partial charge on any atom is -0.338 e. The molecule has 0 bridgehead atoms. The van der Waals surface area contributed by atoms with E-state index in [0.717, 1.165) is 35.7 Å². The van der Waals surface area contributed by atoms with Crippen LogP contribution in [0.15, 0.2) is 23.1 Å². The first kappa shape index (κ1) is 21.7. The Kier molecular flexibility index (Phi) is 5.69. The minimum absolute atomic E-state index is 0.0673. The molecule has 2 fully saturated rings. The Labute approximate surface area is 184 Å². The van der Waals surface area contributed by atoms with Gasteiger partial charge in [0.05, 0.1) is 25.4 Å².